The van der Waals surface area contributed by atoms with E-state index in [2.05, 4.69) is 13.8 Å². The largest absolute Gasteiger partial charge is 0.497 e. The average Bonchev–Trinajstić information content (AvgIpc) is 2.17. The molecule has 2 N–H and O–H groups in total. The predicted molar refractivity (Wildman–Crippen MR) is 66.6 cm³/mol. The van der Waals surface area contributed by atoms with Crippen molar-refractivity contribution in [2.24, 2.45) is 11.7 Å². The highest BCUT2D eigenvalue weighted by Gasteiger charge is 2.13. The van der Waals surface area contributed by atoms with Crippen molar-refractivity contribution < 1.29 is 9.13 Å². The zero-order chi connectivity index (χ0) is 11.4. The van der Waals surface area contributed by atoms with Gasteiger partial charge in [-0.05, 0) is 30.5 Å². The summed E-state index contributed by atoms with van der Waals surface area (Å²) in [6, 6.07) is 4.40. The molecule has 1 aromatic rings. The van der Waals surface area contributed by atoms with E-state index in [9.17, 15) is 4.39 Å². The van der Waals surface area contributed by atoms with Crippen molar-refractivity contribution >= 4 is 12.4 Å². The Labute approximate surface area is 102 Å². The Morgan fingerprint density at radius 1 is 1.38 bits per heavy atom. The molecule has 0 radical (unpaired) electrons. The van der Waals surface area contributed by atoms with Crippen molar-refractivity contribution in [2.75, 3.05) is 7.11 Å². The Balaban J connectivity index is 0.00000225. The molecule has 0 saturated heterocycles. The van der Waals surface area contributed by atoms with Crippen molar-refractivity contribution in [3.63, 3.8) is 0 Å². The highest BCUT2D eigenvalue weighted by molar-refractivity contribution is 5.85. The Kier molecular flexibility index (Phi) is 6.38. The third kappa shape index (κ3) is 3.99. The van der Waals surface area contributed by atoms with Crippen LogP contribution in [0.2, 0.25) is 0 Å². The minimum Gasteiger partial charge on any atom is -0.497 e. The fourth-order valence-electron chi connectivity index (χ4n) is 1.57. The summed E-state index contributed by atoms with van der Waals surface area (Å²) in [7, 11) is 1.56. The van der Waals surface area contributed by atoms with Gasteiger partial charge in [-0.2, -0.15) is 0 Å². The highest BCUT2D eigenvalue weighted by Crippen LogP contribution is 2.25. The van der Waals surface area contributed by atoms with Gasteiger partial charge >= 0.3 is 0 Å². The lowest BCUT2D eigenvalue weighted by molar-refractivity contribution is 0.410. The predicted octanol–water partition coefficient (Wildman–Crippen LogP) is 3.30. The normalized spacial score (nSPS) is 12.1. The lowest BCUT2D eigenvalue weighted by Gasteiger charge is -2.15. The Bertz CT molecular complexity index is 331. The molecule has 0 unspecified atom stereocenters. The van der Waals surface area contributed by atoms with Gasteiger partial charge in [0.25, 0.3) is 0 Å². The maximum atomic E-state index is 13.5. The lowest BCUT2D eigenvalue weighted by Crippen LogP contribution is -2.14. The van der Waals surface area contributed by atoms with E-state index in [1.807, 2.05) is 0 Å². The second-order valence-electron chi connectivity index (χ2n) is 4.12. The first-order valence-electron chi connectivity index (χ1n) is 5.13. The molecule has 4 heteroatoms. The molecule has 1 atom stereocenters. The monoisotopic (exact) mass is 247 g/mol. The molecule has 0 aliphatic heterocycles. The molecule has 1 rings (SSSR count). The first-order valence-corrected chi connectivity index (χ1v) is 5.13. The van der Waals surface area contributed by atoms with E-state index in [4.69, 9.17) is 10.5 Å². The molecule has 0 aromatic heterocycles. The van der Waals surface area contributed by atoms with E-state index in [1.165, 1.54) is 6.07 Å². The van der Waals surface area contributed by atoms with Gasteiger partial charge < -0.3 is 10.5 Å². The van der Waals surface area contributed by atoms with Crippen LogP contribution < -0.4 is 10.5 Å². The van der Waals surface area contributed by atoms with Crippen molar-refractivity contribution in [1.82, 2.24) is 0 Å². The first kappa shape index (κ1) is 15.2. The minimum atomic E-state index is -0.264. The van der Waals surface area contributed by atoms with Crippen molar-refractivity contribution in [2.45, 2.75) is 26.3 Å². The van der Waals surface area contributed by atoms with E-state index in [0.29, 0.717) is 17.2 Å². The molecule has 0 bridgehead atoms. The van der Waals surface area contributed by atoms with Crippen LogP contribution in [0, 0.1) is 11.7 Å². The molecule has 2 nitrogen and oxygen atoms in total. The fourth-order valence-corrected chi connectivity index (χ4v) is 1.57. The zero-order valence-electron chi connectivity index (χ0n) is 9.87. The molecule has 0 fully saturated rings. The molecule has 1 aromatic carbocycles. The number of halogens is 2. The number of nitrogens with two attached hydrogens (primary N) is 1. The van der Waals surface area contributed by atoms with Crippen LogP contribution in [0.25, 0.3) is 0 Å². The summed E-state index contributed by atoms with van der Waals surface area (Å²) >= 11 is 0. The van der Waals surface area contributed by atoms with Crippen LogP contribution in [-0.2, 0) is 0 Å². The molecular formula is C12H19ClFNO. The van der Waals surface area contributed by atoms with E-state index in [-0.39, 0.29) is 24.3 Å². The van der Waals surface area contributed by atoms with Gasteiger partial charge in [-0.25, -0.2) is 4.39 Å². The molecule has 92 valence electrons. The number of ether oxygens (including phenoxy) is 1. The maximum Gasteiger partial charge on any atom is 0.128 e. The molecule has 0 aliphatic carbocycles. The van der Waals surface area contributed by atoms with Gasteiger partial charge in [0, 0.05) is 11.6 Å². The van der Waals surface area contributed by atoms with Crippen LogP contribution in [0.5, 0.6) is 5.75 Å². The summed E-state index contributed by atoms with van der Waals surface area (Å²) in [6.07, 6.45) is 0.768. The number of rotatable bonds is 4. The molecule has 0 spiro atoms. The van der Waals surface area contributed by atoms with Gasteiger partial charge in [0.2, 0.25) is 0 Å². The second kappa shape index (κ2) is 6.71. The third-order valence-corrected chi connectivity index (χ3v) is 2.33. The van der Waals surface area contributed by atoms with Gasteiger partial charge in [-0.15, -0.1) is 12.4 Å². The summed E-state index contributed by atoms with van der Waals surface area (Å²) < 4.78 is 18.5. The maximum absolute atomic E-state index is 13.5. The first-order chi connectivity index (χ1) is 7.04. The number of hydrogen-bond acceptors (Lipinski definition) is 2. The van der Waals surface area contributed by atoms with E-state index >= 15 is 0 Å². The molecule has 0 amide bonds. The quantitative estimate of drug-likeness (QED) is 0.886. The number of benzene rings is 1. The Morgan fingerprint density at radius 2 is 2.00 bits per heavy atom. The fraction of sp³-hybridized carbons (Fsp3) is 0.500. The van der Waals surface area contributed by atoms with Gasteiger partial charge in [0.1, 0.15) is 11.6 Å². The van der Waals surface area contributed by atoms with E-state index in [1.54, 1.807) is 19.2 Å². The molecule has 0 saturated carbocycles. The lowest BCUT2D eigenvalue weighted by atomic mass is 9.97. The van der Waals surface area contributed by atoms with Crippen molar-refractivity contribution in [1.29, 1.82) is 0 Å². The summed E-state index contributed by atoms with van der Waals surface area (Å²) in [5, 5.41) is 0. The topological polar surface area (TPSA) is 35.2 Å². The molecule has 16 heavy (non-hydrogen) atoms. The van der Waals surface area contributed by atoms with Crippen LogP contribution in [0.15, 0.2) is 18.2 Å². The van der Waals surface area contributed by atoms with Crippen LogP contribution in [-0.4, -0.2) is 7.11 Å². The molecular weight excluding hydrogens is 229 g/mol. The van der Waals surface area contributed by atoms with E-state index in [0.717, 1.165) is 6.42 Å². The van der Waals surface area contributed by atoms with Crippen molar-refractivity contribution in [3.8, 4) is 5.75 Å². The summed E-state index contributed by atoms with van der Waals surface area (Å²) in [5.74, 6) is 0.833. The Morgan fingerprint density at radius 3 is 2.50 bits per heavy atom. The summed E-state index contributed by atoms with van der Waals surface area (Å²) in [6.45, 7) is 4.13. The highest BCUT2D eigenvalue weighted by atomic mass is 35.5. The van der Waals surface area contributed by atoms with Crippen LogP contribution >= 0.6 is 12.4 Å². The van der Waals surface area contributed by atoms with Gasteiger partial charge in [0.15, 0.2) is 0 Å². The van der Waals surface area contributed by atoms with Gasteiger partial charge in [-0.1, -0.05) is 13.8 Å². The second-order valence-corrected chi connectivity index (χ2v) is 4.12. The summed E-state index contributed by atoms with van der Waals surface area (Å²) in [4.78, 5) is 0. The van der Waals surface area contributed by atoms with Crippen LogP contribution in [0.3, 0.4) is 0 Å². The van der Waals surface area contributed by atoms with Crippen molar-refractivity contribution in [3.05, 3.63) is 29.6 Å². The van der Waals surface area contributed by atoms with E-state index < -0.39 is 0 Å². The molecule has 0 aliphatic rings. The van der Waals surface area contributed by atoms with Gasteiger partial charge in [-0.3, -0.25) is 0 Å². The minimum absolute atomic E-state index is 0. The number of hydrogen-bond donors (Lipinski definition) is 1. The third-order valence-electron chi connectivity index (χ3n) is 2.33. The van der Waals surface area contributed by atoms with Gasteiger partial charge in [0.05, 0.1) is 7.11 Å². The standard InChI is InChI=1S/C12H18FNO.ClH/c1-8(2)6-12(14)10-7-9(15-3)4-5-11(10)13;/h4-5,7-8,12H,6,14H2,1-3H3;1H/t12-;/m1./s1. The molecule has 0 heterocycles. The smallest absolute Gasteiger partial charge is 0.128 e. The SMILES string of the molecule is COc1ccc(F)c([C@H](N)CC(C)C)c1.Cl. The Hall–Kier alpha value is -0.800. The van der Waals surface area contributed by atoms with Crippen LogP contribution in [0.1, 0.15) is 31.9 Å². The average molecular weight is 248 g/mol. The van der Waals surface area contributed by atoms with Crippen LogP contribution in [0.4, 0.5) is 4.39 Å². The summed E-state index contributed by atoms with van der Waals surface area (Å²) in [5.41, 5.74) is 6.46. The zero-order valence-corrected chi connectivity index (χ0v) is 10.7. The number of methoxy groups -OCH3 is 1.